The van der Waals surface area contributed by atoms with Crippen LogP contribution in [0.15, 0.2) is 77.9 Å². The normalized spacial score (nSPS) is 11.7. The van der Waals surface area contributed by atoms with Crippen molar-refractivity contribution in [1.29, 1.82) is 0 Å². The van der Waals surface area contributed by atoms with Crippen LogP contribution in [0.4, 0.5) is 0 Å². The molecular formula is C24H28. The van der Waals surface area contributed by atoms with Gasteiger partial charge in [0.15, 0.2) is 0 Å². The van der Waals surface area contributed by atoms with Gasteiger partial charge < -0.3 is 0 Å². The van der Waals surface area contributed by atoms with E-state index >= 15 is 0 Å². The molecule has 0 saturated carbocycles. The van der Waals surface area contributed by atoms with Crippen LogP contribution in [0.5, 0.6) is 0 Å². The fourth-order valence-corrected chi connectivity index (χ4v) is 2.61. The van der Waals surface area contributed by atoms with E-state index in [1.165, 1.54) is 27.8 Å². The summed E-state index contributed by atoms with van der Waals surface area (Å²) in [6, 6.07) is 19.1. The van der Waals surface area contributed by atoms with Crippen molar-refractivity contribution in [3.8, 4) is 0 Å². The smallest absolute Gasteiger partial charge is 0.00889 e. The maximum absolute atomic E-state index is 2.37. The SMILES string of the molecule is CC(C)=CCC/C(C)=C/Cc1ccccc1C=Cc1ccccc1. The molecule has 0 heterocycles. The van der Waals surface area contributed by atoms with Gasteiger partial charge in [-0.2, -0.15) is 0 Å². The number of rotatable bonds is 7. The predicted molar refractivity (Wildman–Crippen MR) is 108 cm³/mol. The summed E-state index contributed by atoms with van der Waals surface area (Å²) in [4.78, 5) is 0. The molecule has 0 bridgehead atoms. The van der Waals surface area contributed by atoms with Crippen LogP contribution < -0.4 is 0 Å². The molecule has 0 heteroatoms. The molecule has 0 fully saturated rings. The molecule has 0 atom stereocenters. The Morgan fingerprint density at radius 2 is 1.50 bits per heavy atom. The number of benzene rings is 2. The van der Waals surface area contributed by atoms with Gasteiger partial charge in [0.1, 0.15) is 0 Å². The lowest BCUT2D eigenvalue weighted by Crippen LogP contribution is -1.88. The maximum atomic E-state index is 2.37. The van der Waals surface area contributed by atoms with Gasteiger partial charge in [0, 0.05) is 0 Å². The molecule has 0 saturated heterocycles. The van der Waals surface area contributed by atoms with Gasteiger partial charge in [0.25, 0.3) is 0 Å². The minimum Gasteiger partial charge on any atom is -0.0856 e. The van der Waals surface area contributed by atoms with E-state index in [0.29, 0.717) is 0 Å². The Morgan fingerprint density at radius 1 is 0.792 bits per heavy atom. The van der Waals surface area contributed by atoms with Gasteiger partial charge in [0.05, 0.1) is 0 Å². The first-order chi connectivity index (χ1) is 11.6. The highest BCUT2D eigenvalue weighted by molar-refractivity contribution is 5.71. The van der Waals surface area contributed by atoms with Crippen molar-refractivity contribution in [2.24, 2.45) is 0 Å². The summed E-state index contributed by atoms with van der Waals surface area (Å²) in [6.45, 7) is 6.56. The van der Waals surface area contributed by atoms with Gasteiger partial charge in [-0.25, -0.2) is 0 Å². The van der Waals surface area contributed by atoms with Crippen molar-refractivity contribution < 1.29 is 0 Å². The second-order valence-corrected chi connectivity index (χ2v) is 6.52. The Kier molecular flexibility index (Phi) is 7.29. The van der Waals surface area contributed by atoms with Crippen molar-refractivity contribution in [2.75, 3.05) is 0 Å². The van der Waals surface area contributed by atoms with Gasteiger partial charge in [-0.1, -0.05) is 90.0 Å². The van der Waals surface area contributed by atoms with Crippen LogP contribution in [0.25, 0.3) is 12.2 Å². The summed E-state index contributed by atoms with van der Waals surface area (Å²) in [5, 5.41) is 0. The molecule has 0 aliphatic heterocycles. The molecule has 0 nitrogen and oxygen atoms in total. The third kappa shape index (κ3) is 6.42. The molecule has 2 aromatic rings. The van der Waals surface area contributed by atoms with Gasteiger partial charge in [-0.3, -0.25) is 0 Å². The highest BCUT2D eigenvalue weighted by Gasteiger charge is 1.98. The van der Waals surface area contributed by atoms with Crippen LogP contribution in [0, 0.1) is 0 Å². The second kappa shape index (κ2) is 9.72. The quantitative estimate of drug-likeness (QED) is 0.378. The highest BCUT2D eigenvalue weighted by atomic mass is 14.0. The first kappa shape index (κ1) is 18.0. The maximum Gasteiger partial charge on any atom is -0.00889 e. The lowest BCUT2D eigenvalue weighted by atomic mass is 10.0. The summed E-state index contributed by atoms with van der Waals surface area (Å²) < 4.78 is 0. The van der Waals surface area contributed by atoms with E-state index in [2.05, 4.69) is 93.6 Å². The van der Waals surface area contributed by atoms with Crippen LogP contribution in [-0.4, -0.2) is 0 Å². The summed E-state index contributed by atoms with van der Waals surface area (Å²) in [5.41, 5.74) is 6.79. The molecule has 0 N–H and O–H groups in total. The molecule has 2 aromatic carbocycles. The standard InChI is InChI=1S/C24H28/c1-20(2)10-9-11-21(3)16-18-23-14-7-8-15-24(23)19-17-22-12-5-4-6-13-22/h4-8,10,12-17,19H,9,11,18H2,1-3H3/b19-17?,21-16+. The van der Waals surface area contributed by atoms with E-state index in [0.717, 1.165) is 19.3 Å². The van der Waals surface area contributed by atoms with E-state index < -0.39 is 0 Å². The minimum absolute atomic E-state index is 0.996. The average molecular weight is 316 g/mol. The average Bonchev–Trinajstić information content (AvgIpc) is 2.59. The van der Waals surface area contributed by atoms with Crippen LogP contribution in [0.1, 0.15) is 50.3 Å². The monoisotopic (exact) mass is 316 g/mol. The Morgan fingerprint density at radius 3 is 2.25 bits per heavy atom. The summed E-state index contributed by atoms with van der Waals surface area (Å²) in [7, 11) is 0. The Labute approximate surface area is 147 Å². The van der Waals surface area contributed by atoms with Crippen molar-refractivity contribution in [1.82, 2.24) is 0 Å². The zero-order chi connectivity index (χ0) is 17.2. The van der Waals surface area contributed by atoms with Crippen LogP contribution >= 0.6 is 0 Å². The zero-order valence-corrected chi connectivity index (χ0v) is 15.1. The number of hydrogen-bond acceptors (Lipinski definition) is 0. The van der Waals surface area contributed by atoms with E-state index in [1.54, 1.807) is 0 Å². The van der Waals surface area contributed by atoms with Gasteiger partial charge in [-0.05, 0) is 56.7 Å². The number of allylic oxidation sites excluding steroid dienone is 4. The molecule has 0 spiro atoms. The molecule has 0 aliphatic carbocycles. The largest absolute Gasteiger partial charge is 0.0856 e. The van der Waals surface area contributed by atoms with Crippen molar-refractivity contribution in [3.05, 3.63) is 94.6 Å². The van der Waals surface area contributed by atoms with E-state index in [-0.39, 0.29) is 0 Å². The second-order valence-electron chi connectivity index (χ2n) is 6.52. The molecule has 0 aromatic heterocycles. The molecular weight excluding hydrogens is 288 g/mol. The Bertz CT molecular complexity index is 711. The third-order valence-electron chi connectivity index (χ3n) is 4.07. The summed E-state index contributed by atoms with van der Waals surface area (Å²) >= 11 is 0. The highest BCUT2D eigenvalue weighted by Crippen LogP contribution is 2.16. The van der Waals surface area contributed by atoms with Gasteiger partial charge in [0.2, 0.25) is 0 Å². The molecule has 124 valence electrons. The Balaban J connectivity index is 2.03. The summed E-state index contributed by atoms with van der Waals surface area (Å²) in [5.74, 6) is 0. The minimum atomic E-state index is 0.996. The van der Waals surface area contributed by atoms with Gasteiger partial charge in [-0.15, -0.1) is 0 Å². The van der Waals surface area contributed by atoms with E-state index in [4.69, 9.17) is 0 Å². The molecule has 0 unspecified atom stereocenters. The zero-order valence-electron chi connectivity index (χ0n) is 15.1. The Hall–Kier alpha value is -2.34. The van der Waals surface area contributed by atoms with Crippen LogP contribution in [-0.2, 0) is 6.42 Å². The molecule has 0 aliphatic rings. The predicted octanol–water partition coefficient (Wildman–Crippen LogP) is 7.09. The lowest BCUT2D eigenvalue weighted by molar-refractivity contribution is 0.955. The fourth-order valence-electron chi connectivity index (χ4n) is 2.61. The first-order valence-electron chi connectivity index (χ1n) is 8.75. The topological polar surface area (TPSA) is 0 Å². The van der Waals surface area contributed by atoms with Crippen LogP contribution in [0.3, 0.4) is 0 Å². The van der Waals surface area contributed by atoms with Crippen molar-refractivity contribution >= 4 is 12.2 Å². The first-order valence-corrected chi connectivity index (χ1v) is 8.75. The van der Waals surface area contributed by atoms with E-state index in [1.807, 2.05) is 6.07 Å². The molecule has 0 amide bonds. The van der Waals surface area contributed by atoms with Crippen molar-refractivity contribution in [3.63, 3.8) is 0 Å². The fraction of sp³-hybridized carbons (Fsp3) is 0.250. The lowest BCUT2D eigenvalue weighted by Gasteiger charge is -2.05. The third-order valence-corrected chi connectivity index (χ3v) is 4.07. The molecule has 24 heavy (non-hydrogen) atoms. The summed E-state index contributed by atoms with van der Waals surface area (Å²) in [6.07, 6.45) is 12.4. The van der Waals surface area contributed by atoms with E-state index in [9.17, 15) is 0 Å². The van der Waals surface area contributed by atoms with Crippen molar-refractivity contribution in [2.45, 2.75) is 40.0 Å². The molecule has 2 rings (SSSR count). The molecule has 0 radical (unpaired) electrons. The van der Waals surface area contributed by atoms with Gasteiger partial charge >= 0.3 is 0 Å². The van der Waals surface area contributed by atoms with Crippen LogP contribution in [0.2, 0.25) is 0 Å². The number of hydrogen-bond donors (Lipinski definition) is 0.